The van der Waals surface area contributed by atoms with Crippen molar-refractivity contribution in [2.45, 2.75) is 24.3 Å². The molecule has 0 saturated carbocycles. The highest BCUT2D eigenvalue weighted by molar-refractivity contribution is 9.09. The van der Waals surface area contributed by atoms with Crippen LogP contribution in [0, 0.1) is 0 Å². The van der Waals surface area contributed by atoms with Crippen molar-refractivity contribution < 1.29 is 9.47 Å². The van der Waals surface area contributed by atoms with Gasteiger partial charge in [-0.1, -0.05) is 39.7 Å². The maximum atomic E-state index is 6.12. The van der Waals surface area contributed by atoms with E-state index in [-0.39, 0.29) is 10.9 Å². The van der Waals surface area contributed by atoms with Gasteiger partial charge in [-0.05, 0) is 42.3 Å². The van der Waals surface area contributed by atoms with E-state index in [0.717, 1.165) is 23.5 Å². The minimum Gasteiger partial charge on any atom is -0.496 e. The lowest BCUT2D eigenvalue weighted by atomic mass is 10.0. The number of alkyl halides is 1. The molecular weight excluding hydrogens is 352 g/mol. The average molecular weight is 368 g/mol. The largest absolute Gasteiger partial charge is 0.496 e. The summed E-state index contributed by atoms with van der Waals surface area (Å²) in [4.78, 5) is 0.0346. The van der Waals surface area contributed by atoms with Gasteiger partial charge in [0.15, 0.2) is 0 Å². The quantitative estimate of drug-likeness (QED) is 0.698. The highest BCUT2D eigenvalue weighted by atomic mass is 79.9. The first-order valence-corrected chi connectivity index (χ1v) is 8.15. The van der Waals surface area contributed by atoms with Crippen LogP contribution < -0.4 is 9.47 Å². The standard InChI is InChI=1S/C17H16BrClO2/c1-10-7-12-8-11(3-5-15(12)21-10)17(18)14-9-13(19)4-6-16(14)20-2/h3-6,8-10,17H,7H2,1-2H3. The van der Waals surface area contributed by atoms with E-state index in [4.69, 9.17) is 21.1 Å². The number of hydrogen-bond acceptors (Lipinski definition) is 2. The van der Waals surface area contributed by atoms with Gasteiger partial charge in [0, 0.05) is 17.0 Å². The van der Waals surface area contributed by atoms with E-state index in [1.807, 2.05) is 24.3 Å². The maximum absolute atomic E-state index is 6.12. The Kier molecular flexibility index (Phi) is 4.14. The molecule has 2 nitrogen and oxygen atoms in total. The van der Waals surface area contributed by atoms with E-state index in [1.54, 1.807) is 7.11 Å². The van der Waals surface area contributed by atoms with E-state index >= 15 is 0 Å². The lowest BCUT2D eigenvalue weighted by Gasteiger charge is -2.16. The molecule has 1 aliphatic heterocycles. The molecule has 3 rings (SSSR count). The molecule has 1 heterocycles. The molecular formula is C17H16BrClO2. The van der Waals surface area contributed by atoms with Crippen LogP contribution in [0.5, 0.6) is 11.5 Å². The second-order valence-electron chi connectivity index (χ2n) is 5.25. The van der Waals surface area contributed by atoms with Crippen molar-refractivity contribution in [1.82, 2.24) is 0 Å². The van der Waals surface area contributed by atoms with Gasteiger partial charge in [0.1, 0.15) is 17.6 Å². The van der Waals surface area contributed by atoms with E-state index in [2.05, 4.69) is 35.0 Å². The van der Waals surface area contributed by atoms with Crippen molar-refractivity contribution >= 4 is 27.5 Å². The summed E-state index contributed by atoms with van der Waals surface area (Å²) >= 11 is 9.89. The molecule has 2 unspecified atom stereocenters. The minimum absolute atomic E-state index is 0.0346. The van der Waals surface area contributed by atoms with Crippen molar-refractivity contribution in [2.75, 3.05) is 7.11 Å². The summed E-state index contributed by atoms with van der Waals surface area (Å²) in [5.74, 6) is 1.82. The average Bonchev–Trinajstić information content (AvgIpc) is 2.85. The zero-order valence-corrected chi connectivity index (χ0v) is 14.2. The molecule has 21 heavy (non-hydrogen) atoms. The first-order chi connectivity index (χ1) is 10.1. The Hall–Kier alpha value is -1.19. The molecule has 2 aromatic carbocycles. The Morgan fingerprint density at radius 3 is 2.86 bits per heavy atom. The van der Waals surface area contributed by atoms with Gasteiger partial charge in [-0.15, -0.1) is 0 Å². The van der Waals surface area contributed by atoms with Crippen LogP contribution in [0.25, 0.3) is 0 Å². The summed E-state index contributed by atoms with van der Waals surface area (Å²) in [6, 6.07) is 12.0. The monoisotopic (exact) mass is 366 g/mol. The molecule has 2 aromatic rings. The summed E-state index contributed by atoms with van der Waals surface area (Å²) in [5.41, 5.74) is 3.45. The number of methoxy groups -OCH3 is 1. The van der Waals surface area contributed by atoms with Gasteiger partial charge in [-0.3, -0.25) is 0 Å². The summed E-state index contributed by atoms with van der Waals surface area (Å²) in [6.07, 6.45) is 1.21. The summed E-state index contributed by atoms with van der Waals surface area (Å²) in [5, 5.41) is 0.702. The van der Waals surface area contributed by atoms with Crippen LogP contribution >= 0.6 is 27.5 Å². The third kappa shape index (κ3) is 2.90. The Bertz CT molecular complexity index is 672. The molecule has 110 valence electrons. The normalized spacial score (nSPS) is 18.0. The minimum atomic E-state index is 0.0346. The predicted octanol–water partition coefficient (Wildman–Crippen LogP) is 5.16. The fraction of sp³-hybridized carbons (Fsp3) is 0.294. The van der Waals surface area contributed by atoms with Crippen molar-refractivity contribution in [1.29, 1.82) is 0 Å². The van der Waals surface area contributed by atoms with Crippen molar-refractivity contribution in [3.8, 4) is 11.5 Å². The number of benzene rings is 2. The van der Waals surface area contributed by atoms with Gasteiger partial charge in [0.05, 0.1) is 11.9 Å². The molecule has 0 aliphatic carbocycles. The van der Waals surface area contributed by atoms with E-state index < -0.39 is 0 Å². The van der Waals surface area contributed by atoms with Gasteiger partial charge < -0.3 is 9.47 Å². The molecule has 1 aliphatic rings. The number of hydrogen-bond donors (Lipinski definition) is 0. The number of rotatable bonds is 3. The predicted molar refractivity (Wildman–Crippen MR) is 89.0 cm³/mol. The topological polar surface area (TPSA) is 18.5 Å². The van der Waals surface area contributed by atoms with Gasteiger partial charge in [-0.2, -0.15) is 0 Å². The highest BCUT2D eigenvalue weighted by Gasteiger charge is 2.22. The molecule has 0 bridgehead atoms. The van der Waals surface area contributed by atoms with Crippen LogP contribution in [0.2, 0.25) is 5.02 Å². The summed E-state index contributed by atoms with van der Waals surface area (Å²) in [7, 11) is 1.67. The zero-order chi connectivity index (χ0) is 15.0. The third-order valence-corrected chi connectivity index (χ3v) is 4.93. The molecule has 0 amide bonds. The van der Waals surface area contributed by atoms with Crippen LogP contribution in [-0.4, -0.2) is 13.2 Å². The van der Waals surface area contributed by atoms with Crippen LogP contribution in [0.4, 0.5) is 0 Å². The van der Waals surface area contributed by atoms with E-state index in [0.29, 0.717) is 5.02 Å². The summed E-state index contributed by atoms with van der Waals surface area (Å²) in [6.45, 7) is 2.09. The molecule has 0 aromatic heterocycles. The maximum Gasteiger partial charge on any atom is 0.123 e. The molecule has 0 spiro atoms. The van der Waals surface area contributed by atoms with Gasteiger partial charge >= 0.3 is 0 Å². The Morgan fingerprint density at radius 1 is 1.29 bits per heavy atom. The van der Waals surface area contributed by atoms with Gasteiger partial charge in [-0.25, -0.2) is 0 Å². The molecule has 4 heteroatoms. The van der Waals surface area contributed by atoms with Gasteiger partial charge in [0.2, 0.25) is 0 Å². The number of ether oxygens (including phenoxy) is 2. The Morgan fingerprint density at radius 2 is 2.10 bits per heavy atom. The fourth-order valence-electron chi connectivity index (χ4n) is 2.68. The van der Waals surface area contributed by atoms with E-state index in [1.165, 1.54) is 11.1 Å². The fourth-order valence-corrected chi connectivity index (χ4v) is 3.51. The Balaban J connectivity index is 1.98. The van der Waals surface area contributed by atoms with Crippen LogP contribution in [0.15, 0.2) is 36.4 Å². The van der Waals surface area contributed by atoms with Crippen LogP contribution in [0.3, 0.4) is 0 Å². The van der Waals surface area contributed by atoms with Crippen molar-refractivity contribution in [3.63, 3.8) is 0 Å². The number of fused-ring (bicyclic) bond motifs is 1. The molecule has 0 saturated heterocycles. The summed E-state index contributed by atoms with van der Waals surface area (Å²) < 4.78 is 11.2. The van der Waals surface area contributed by atoms with Crippen LogP contribution in [0.1, 0.15) is 28.4 Å². The molecule has 0 N–H and O–H groups in total. The molecule has 2 atom stereocenters. The first kappa shape index (κ1) is 14.7. The SMILES string of the molecule is COc1ccc(Cl)cc1C(Br)c1ccc2c(c1)CC(C)O2. The third-order valence-electron chi connectivity index (χ3n) is 3.68. The number of halogens is 2. The van der Waals surface area contributed by atoms with Crippen molar-refractivity contribution in [2.24, 2.45) is 0 Å². The smallest absolute Gasteiger partial charge is 0.123 e. The lowest BCUT2D eigenvalue weighted by molar-refractivity contribution is 0.254. The second kappa shape index (κ2) is 5.90. The highest BCUT2D eigenvalue weighted by Crippen LogP contribution is 2.40. The van der Waals surface area contributed by atoms with Crippen LogP contribution in [-0.2, 0) is 6.42 Å². The van der Waals surface area contributed by atoms with E-state index in [9.17, 15) is 0 Å². The Labute approximate surface area is 138 Å². The zero-order valence-electron chi connectivity index (χ0n) is 11.9. The molecule has 0 radical (unpaired) electrons. The van der Waals surface area contributed by atoms with Gasteiger partial charge in [0.25, 0.3) is 0 Å². The molecule has 0 fully saturated rings. The van der Waals surface area contributed by atoms with Crippen molar-refractivity contribution in [3.05, 3.63) is 58.1 Å². The first-order valence-electron chi connectivity index (χ1n) is 6.85. The second-order valence-corrected chi connectivity index (χ2v) is 6.60. The lowest BCUT2D eigenvalue weighted by Crippen LogP contribution is -2.05.